The van der Waals surface area contributed by atoms with Crippen LogP contribution in [-0.4, -0.2) is 26.3 Å². The lowest BCUT2D eigenvalue weighted by molar-refractivity contribution is -0.121. The van der Waals surface area contributed by atoms with Crippen LogP contribution in [0.2, 0.25) is 0 Å². The van der Waals surface area contributed by atoms with Crippen LogP contribution in [0.15, 0.2) is 53.4 Å². The second-order valence-corrected chi connectivity index (χ2v) is 7.43. The van der Waals surface area contributed by atoms with Crippen molar-refractivity contribution in [3.63, 3.8) is 0 Å². The Morgan fingerprint density at radius 3 is 2.27 bits per heavy atom. The van der Waals surface area contributed by atoms with E-state index in [2.05, 4.69) is 5.32 Å². The molecule has 1 aliphatic heterocycles. The van der Waals surface area contributed by atoms with Crippen LogP contribution < -0.4 is 15.4 Å². The summed E-state index contributed by atoms with van der Waals surface area (Å²) in [5.41, 5.74) is 1.06. The van der Waals surface area contributed by atoms with E-state index in [1.165, 1.54) is 36.4 Å². The predicted molar refractivity (Wildman–Crippen MR) is 92.0 cm³/mol. The third-order valence-corrected chi connectivity index (χ3v) is 4.97. The van der Waals surface area contributed by atoms with Crippen molar-refractivity contribution in [2.75, 3.05) is 4.90 Å². The second-order valence-electron chi connectivity index (χ2n) is 5.87. The number of rotatable bonds is 5. The van der Waals surface area contributed by atoms with Gasteiger partial charge in [0.2, 0.25) is 15.9 Å². The maximum absolute atomic E-state index is 13.0. The van der Waals surface area contributed by atoms with Crippen LogP contribution in [0.3, 0.4) is 0 Å². The minimum absolute atomic E-state index is 0.00384. The molecule has 0 bridgehead atoms. The molecule has 9 heteroatoms. The Kier molecular flexibility index (Phi) is 4.86. The smallest absolute Gasteiger partial charge is 0.251 e. The molecule has 3 rings (SSSR count). The molecule has 0 aromatic heterocycles. The number of carbonyl (C=O) groups excluding carboxylic acids is 2. The minimum atomic E-state index is -3.76. The van der Waals surface area contributed by atoms with Gasteiger partial charge < -0.3 is 5.32 Å². The molecule has 2 aromatic carbocycles. The highest BCUT2D eigenvalue weighted by molar-refractivity contribution is 7.89. The highest BCUT2D eigenvalue weighted by atomic mass is 32.2. The van der Waals surface area contributed by atoms with E-state index >= 15 is 0 Å². The van der Waals surface area contributed by atoms with E-state index in [1.54, 1.807) is 12.1 Å². The lowest BCUT2D eigenvalue weighted by Crippen LogP contribution is -2.38. The molecule has 0 saturated carbocycles. The van der Waals surface area contributed by atoms with Gasteiger partial charge in [0.1, 0.15) is 5.82 Å². The molecular formula is C17H16FN3O4S. The number of hydrogen-bond acceptors (Lipinski definition) is 5. The first-order valence-electron chi connectivity index (χ1n) is 7.73. The summed E-state index contributed by atoms with van der Waals surface area (Å²) in [7, 11) is -3.76. The SMILES string of the molecule is NS(=O)(=O)c1ccc(CNC2CC(=O)N(c3ccc(F)cc3)C2=O)cc1. The normalized spacial score (nSPS) is 17.8. The molecule has 7 nitrogen and oxygen atoms in total. The Bertz CT molecular complexity index is 943. The van der Waals surface area contributed by atoms with Crippen LogP contribution >= 0.6 is 0 Å². The molecule has 136 valence electrons. The highest BCUT2D eigenvalue weighted by Gasteiger charge is 2.39. The number of nitrogens with two attached hydrogens (primary N) is 1. The highest BCUT2D eigenvalue weighted by Crippen LogP contribution is 2.23. The summed E-state index contributed by atoms with van der Waals surface area (Å²) in [5.74, 6) is -1.24. The van der Waals surface area contributed by atoms with Gasteiger partial charge in [-0.3, -0.25) is 9.59 Å². The number of nitrogens with one attached hydrogen (secondary N) is 1. The Balaban J connectivity index is 1.67. The quantitative estimate of drug-likeness (QED) is 0.752. The van der Waals surface area contributed by atoms with Crippen molar-refractivity contribution in [2.45, 2.75) is 23.9 Å². The summed E-state index contributed by atoms with van der Waals surface area (Å²) >= 11 is 0. The monoisotopic (exact) mass is 377 g/mol. The molecule has 26 heavy (non-hydrogen) atoms. The summed E-state index contributed by atoms with van der Waals surface area (Å²) in [6.07, 6.45) is -0.00846. The zero-order valence-electron chi connectivity index (χ0n) is 13.6. The van der Waals surface area contributed by atoms with Gasteiger partial charge in [-0.25, -0.2) is 22.8 Å². The van der Waals surface area contributed by atoms with Gasteiger partial charge in [-0.05, 0) is 42.0 Å². The zero-order valence-corrected chi connectivity index (χ0v) is 14.4. The number of imide groups is 1. The van der Waals surface area contributed by atoms with E-state index in [0.29, 0.717) is 5.69 Å². The minimum Gasteiger partial charge on any atom is -0.301 e. The fraction of sp³-hybridized carbons (Fsp3) is 0.176. The fourth-order valence-corrected chi connectivity index (χ4v) is 3.21. The maximum Gasteiger partial charge on any atom is 0.251 e. The van der Waals surface area contributed by atoms with Crippen LogP contribution in [0.25, 0.3) is 0 Å². The van der Waals surface area contributed by atoms with Crippen molar-refractivity contribution >= 4 is 27.5 Å². The van der Waals surface area contributed by atoms with Gasteiger partial charge in [-0.15, -0.1) is 0 Å². The molecule has 3 N–H and O–H groups in total. The van der Waals surface area contributed by atoms with E-state index in [-0.39, 0.29) is 23.8 Å². The van der Waals surface area contributed by atoms with Gasteiger partial charge in [0.25, 0.3) is 5.91 Å². The van der Waals surface area contributed by atoms with E-state index in [1.807, 2.05) is 0 Å². The molecule has 1 heterocycles. The number of nitrogens with zero attached hydrogens (tertiary/aromatic N) is 1. The molecule has 1 saturated heterocycles. The standard InChI is InChI=1S/C17H16FN3O4S/c18-12-3-5-13(6-4-12)21-16(22)9-15(17(21)23)20-10-11-1-7-14(8-2-11)26(19,24)25/h1-8,15,20H,9-10H2,(H2,19,24,25). The Hall–Kier alpha value is -2.62. The topological polar surface area (TPSA) is 110 Å². The Labute approximate surface area is 149 Å². The lowest BCUT2D eigenvalue weighted by Gasteiger charge is -2.15. The molecule has 2 aromatic rings. The van der Waals surface area contributed by atoms with Gasteiger partial charge in [-0.1, -0.05) is 12.1 Å². The summed E-state index contributed by atoms with van der Waals surface area (Å²) in [6, 6.07) is 10.3. The van der Waals surface area contributed by atoms with Gasteiger partial charge in [-0.2, -0.15) is 0 Å². The molecule has 1 fully saturated rings. The number of anilines is 1. The van der Waals surface area contributed by atoms with Crippen molar-refractivity contribution in [2.24, 2.45) is 5.14 Å². The van der Waals surface area contributed by atoms with Crippen LogP contribution in [0.1, 0.15) is 12.0 Å². The van der Waals surface area contributed by atoms with E-state index in [4.69, 9.17) is 5.14 Å². The lowest BCUT2D eigenvalue weighted by atomic mass is 10.2. The molecular weight excluding hydrogens is 361 g/mol. The van der Waals surface area contributed by atoms with Crippen molar-refractivity contribution in [3.8, 4) is 0 Å². The maximum atomic E-state index is 13.0. The van der Waals surface area contributed by atoms with Crippen LogP contribution in [-0.2, 0) is 26.2 Å². The number of benzene rings is 2. The van der Waals surface area contributed by atoms with Gasteiger partial charge in [0.05, 0.1) is 23.0 Å². The Morgan fingerprint density at radius 2 is 1.69 bits per heavy atom. The first-order valence-corrected chi connectivity index (χ1v) is 9.28. The largest absolute Gasteiger partial charge is 0.301 e. The summed E-state index contributed by atoms with van der Waals surface area (Å²) in [6.45, 7) is 0.270. The molecule has 0 radical (unpaired) electrons. The predicted octanol–water partition coefficient (Wildman–Crippen LogP) is 0.895. The first-order chi connectivity index (χ1) is 12.3. The Morgan fingerprint density at radius 1 is 1.08 bits per heavy atom. The number of hydrogen-bond donors (Lipinski definition) is 2. The van der Waals surface area contributed by atoms with E-state index < -0.39 is 27.8 Å². The fourth-order valence-electron chi connectivity index (χ4n) is 2.69. The summed E-state index contributed by atoms with van der Waals surface area (Å²) in [4.78, 5) is 25.6. The molecule has 0 spiro atoms. The van der Waals surface area contributed by atoms with E-state index in [9.17, 15) is 22.4 Å². The van der Waals surface area contributed by atoms with Crippen molar-refractivity contribution < 1.29 is 22.4 Å². The first kappa shape index (κ1) is 18.2. The molecule has 0 aliphatic carbocycles. The number of halogens is 1. The van der Waals surface area contributed by atoms with Crippen LogP contribution in [0.5, 0.6) is 0 Å². The average molecular weight is 377 g/mol. The molecule has 2 amide bonds. The van der Waals surface area contributed by atoms with E-state index in [0.717, 1.165) is 10.5 Å². The number of carbonyl (C=O) groups is 2. The summed E-state index contributed by atoms with van der Waals surface area (Å²) in [5, 5.41) is 8.02. The van der Waals surface area contributed by atoms with Gasteiger partial charge in [0.15, 0.2) is 0 Å². The van der Waals surface area contributed by atoms with Gasteiger partial charge >= 0.3 is 0 Å². The third kappa shape index (κ3) is 3.79. The molecule has 1 atom stereocenters. The van der Waals surface area contributed by atoms with Crippen molar-refractivity contribution in [3.05, 3.63) is 59.9 Å². The zero-order chi connectivity index (χ0) is 18.9. The third-order valence-electron chi connectivity index (χ3n) is 4.04. The number of sulfonamides is 1. The van der Waals surface area contributed by atoms with Crippen LogP contribution in [0.4, 0.5) is 10.1 Å². The molecule has 1 aliphatic rings. The summed E-state index contributed by atoms with van der Waals surface area (Å²) < 4.78 is 35.5. The number of amides is 2. The van der Waals surface area contributed by atoms with Crippen molar-refractivity contribution in [1.82, 2.24) is 5.32 Å². The van der Waals surface area contributed by atoms with Gasteiger partial charge in [0, 0.05) is 6.54 Å². The second kappa shape index (κ2) is 6.94. The molecule has 1 unspecified atom stereocenters. The number of primary sulfonamides is 1. The average Bonchev–Trinajstić information content (AvgIpc) is 2.87. The van der Waals surface area contributed by atoms with Crippen molar-refractivity contribution in [1.29, 1.82) is 0 Å². The van der Waals surface area contributed by atoms with Crippen LogP contribution in [0, 0.1) is 5.82 Å².